The molecule has 1 atom stereocenters. The van der Waals surface area contributed by atoms with E-state index in [9.17, 15) is 0 Å². The van der Waals surface area contributed by atoms with Gasteiger partial charge in [0.1, 0.15) is 0 Å². The van der Waals surface area contributed by atoms with Gasteiger partial charge in [-0.3, -0.25) is 0 Å². The van der Waals surface area contributed by atoms with E-state index in [1.807, 2.05) is 0 Å². The summed E-state index contributed by atoms with van der Waals surface area (Å²) in [6.45, 7) is 8.96. The van der Waals surface area contributed by atoms with E-state index in [1.54, 1.807) is 7.11 Å². The molecule has 1 aliphatic carbocycles. The van der Waals surface area contributed by atoms with Crippen molar-refractivity contribution in [1.82, 2.24) is 5.32 Å². The molecule has 0 radical (unpaired) electrons. The molecule has 15 heavy (non-hydrogen) atoms. The second-order valence-electron chi connectivity index (χ2n) is 5.87. The SMILES string of the molecule is COCC(C)NCC1CCC(C)(C)CC1. The third kappa shape index (κ3) is 4.98. The van der Waals surface area contributed by atoms with Gasteiger partial charge in [-0.25, -0.2) is 0 Å². The second-order valence-corrected chi connectivity index (χ2v) is 5.87. The molecule has 0 aromatic carbocycles. The van der Waals surface area contributed by atoms with Crippen LogP contribution in [0.3, 0.4) is 0 Å². The first-order valence-electron chi connectivity index (χ1n) is 6.26. The second kappa shape index (κ2) is 5.86. The smallest absolute Gasteiger partial charge is 0.0613 e. The Morgan fingerprint density at radius 2 is 1.93 bits per heavy atom. The Morgan fingerprint density at radius 3 is 2.47 bits per heavy atom. The zero-order chi connectivity index (χ0) is 11.3. The number of hydrogen-bond acceptors (Lipinski definition) is 2. The number of methoxy groups -OCH3 is 1. The summed E-state index contributed by atoms with van der Waals surface area (Å²) in [5.41, 5.74) is 0.592. The summed E-state index contributed by atoms with van der Waals surface area (Å²) in [5, 5.41) is 3.56. The molecule has 90 valence electrons. The van der Waals surface area contributed by atoms with Crippen molar-refractivity contribution >= 4 is 0 Å². The summed E-state index contributed by atoms with van der Waals surface area (Å²) in [4.78, 5) is 0. The van der Waals surface area contributed by atoms with Gasteiger partial charge in [-0.05, 0) is 50.5 Å². The molecule has 0 aliphatic heterocycles. The van der Waals surface area contributed by atoms with Crippen molar-refractivity contribution in [2.24, 2.45) is 11.3 Å². The fourth-order valence-corrected chi connectivity index (χ4v) is 2.34. The molecule has 0 aromatic heterocycles. The van der Waals surface area contributed by atoms with E-state index in [4.69, 9.17) is 4.74 Å². The quantitative estimate of drug-likeness (QED) is 0.758. The Balaban J connectivity index is 2.13. The zero-order valence-electron chi connectivity index (χ0n) is 10.8. The van der Waals surface area contributed by atoms with E-state index in [-0.39, 0.29) is 0 Å². The van der Waals surface area contributed by atoms with Crippen molar-refractivity contribution in [1.29, 1.82) is 0 Å². The van der Waals surface area contributed by atoms with Crippen LogP contribution in [0.4, 0.5) is 0 Å². The lowest BCUT2D eigenvalue weighted by molar-refractivity contribution is 0.156. The average Bonchev–Trinajstić information content (AvgIpc) is 2.17. The van der Waals surface area contributed by atoms with Gasteiger partial charge in [0.05, 0.1) is 6.61 Å². The molecule has 2 nitrogen and oxygen atoms in total. The van der Waals surface area contributed by atoms with Crippen LogP contribution in [-0.2, 0) is 4.74 Å². The minimum Gasteiger partial charge on any atom is -0.383 e. The van der Waals surface area contributed by atoms with Gasteiger partial charge in [0, 0.05) is 13.2 Å². The Hall–Kier alpha value is -0.0800. The van der Waals surface area contributed by atoms with Crippen LogP contribution in [0, 0.1) is 11.3 Å². The van der Waals surface area contributed by atoms with Crippen LogP contribution in [-0.4, -0.2) is 26.3 Å². The van der Waals surface area contributed by atoms with Crippen LogP contribution in [0.25, 0.3) is 0 Å². The summed E-state index contributed by atoms with van der Waals surface area (Å²) in [5.74, 6) is 0.886. The van der Waals surface area contributed by atoms with E-state index in [0.29, 0.717) is 11.5 Å². The van der Waals surface area contributed by atoms with Gasteiger partial charge in [0.15, 0.2) is 0 Å². The monoisotopic (exact) mass is 213 g/mol. The number of hydrogen-bond donors (Lipinski definition) is 1. The van der Waals surface area contributed by atoms with E-state index in [0.717, 1.165) is 12.5 Å². The first-order valence-corrected chi connectivity index (χ1v) is 6.26. The maximum absolute atomic E-state index is 5.11. The van der Waals surface area contributed by atoms with Gasteiger partial charge < -0.3 is 10.1 Å². The van der Waals surface area contributed by atoms with Crippen molar-refractivity contribution in [3.63, 3.8) is 0 Å². The molecule has 0 saturated heterocycles. The van der Waals surface area contributed by atoms with E-state index in [2.05, 4.69) is 26.1 Å². The van der Waals surface area contributed by atoms with E-state index < -0.39 is 0 Å². The highest BCUT2D eigenvalue weighted by atomic mass is 16.5. The first kappa shape index (κ1) is 13.0. The minimum absolute atomic E-state index is 0.491. The summed E-state index contributed by atoms with van der Waals surface area (Å²) in [6.07, 6.45) is 5.55. The predicted octanol–water partition coefficient (Wildman–Crippen LogP) is 2.83. The van der Waals surface area contributed by atoms with Crippen molar-refractivity contribution in [2.75, 3.05) is 20.3 Å². The van der Waals surface area contributed by atoms with Gasteiger partial charge >= 0.3 is 0 Å². The highest BCUT2D eigenvalue weighted by molar-refractivity contribution is 4.79. The molecule has 1 aliphatic rings. The summed E-state index contributed by atoms with van der Waals surface area (Å²) in [6, 6.07) is 0.491. The number of nitrogens with one attached hydrogen (secondary N) is 1. The molecule has 0 bridgehead atoms. The van der Waals surface area contributed by atoms with Gasteiger partial charge in [-0.1, -0.05) is 13.8 Å². The molecule has 0 heterocycles. The molecule has 2 heteroatoms. The van der Waals surface area contributed by atoms with Crippen molar-refractivity contribution in [3.8, 4) is 0 Å². The first-order chi connectivity index (χ1) is 7.03. The Bertz CT molecular complexity index is 169. The van der Waals surface area contributed by atoms with Crippen LogP contribution in [0.2, 0.25) is 0 Å². The van der Waals surface area contributed by atoms with E-state index >= 15 is 0 Å². The molecular weight excluding hydrogens is 186 g/mol. The van der Waals surface area contributed by atoms with Crippen molar-refractivity contribution in [2.45, 2.75) is 52.5 Å². The Labute approximate surface area is 94.8 Å². The van der Waals surface area contributed by atoms with Gasteiger partial charge in [-0.2, -0.15) is 0 Å². The molecule has 0 amide bonds. The topological polar surface area (TPSA) is 21.3 Å². The lowest BCUT2D eigenvalue weighted by Crippen LogP contribution is -2.36. The number of ether oxygens (including phenoxy) is 1. The fraction of sp³-hybridized carbons (Fsp3) is 1.00. The van der Waals surface area contributed by atoms with E-state index in [1.165, 1.54) is 32.2 Å². The van der Waals surface area contributed by atoms with Crippen LogP contribution in [0.1, 0.15) is 46.5 Å². The summed E-state index contributed by atoms with van der Waals surface area (Å²) in [7, 11) is 1.77. The molecule has 1 saturated carbocycles. The fourth-order valence-electron chi connectivity index (χ4n) is 2.34. The minimum atomic E-state index is 0.491. The van der Waals surface area contributed by atoms with Crippen LogP contribution >= 0.6 is 0 Å². The molecule has 1 rings (SSSR count). The Morgan fingerprint density at radius 1 is 1.33 bits per heavy atom. The lowest BCUT2D eigenvalue weighted by atomic mass is 9.73. The van der Waals surface area contributed by atoms with Crippen LogP contribution < -0.4 is 5.32 Å². The third-order valence-corrected chi connectivity index (χ3v) is 3.63. The van der Waals surface area contributed by atoms with Gasteiger partial charge in [0.2, 0.25) is 0 Å². The average molecular weight is 213 g/mol. The van der Waals surface area contributed by atoms with Gasteiger partial charge in [-0.15, -0.1) is 0 Å². The highest BCUT2D eigenvalue weighted by Gasteiger charge is 2.26. The largest absolute Gasteiger partial charge is 0.383 e. The summed E-state index contributed by atoms with van der Waals surface area (Å²) < 4.78 is 5.11. The maximum Gasteiger partial charge on any atom is 0.0613 e. The maximum atomic E-state index is 5.11. The normalized spacial score (nSPS) is 24.0. The number of rotatable bonds is 5. The Kier molecular flexibility index (Phi) is 5.07. The van der Waals surface area contributed by atoms with Crippen LogP contribution in [0.15, 0.2) is 0 Å². The van der Waals surface area contributed by atoms with Crippen molar-refractivity contribution < 1.29 is 4.74 Å². The molecule has 1 unspecified atom stereocenters. The standard InChI is InChI=1S/C13H27NO/c1-11(10-15-4)14-9-12-5-7-13(2,3)8-6-12/h11-12,14H,5-10H2,1-4H3. The van der Waals surface area contributed by atoms with Gasteiger partial charge in [0.25, 0.3) is 0 Å². The third-order valence-electron chi connectivity index (χ3n) is 3.63. The zero-order valence-corrected chi connectivity index (χ0v) is 10.8. The molecule has 1 N–H and O–H groups in total. The molecule has 0 spiro atoms. The predicted molar refractivity (Wildman–Crippen MR) is 65.1 cm³/mol. The van der Waals surface area contributed by atoms with Crippen LogP contribution in [0.5, 0.6) is 0 Å². The molecule has 0 aromatic rings. The highest BCUT2D eigenvalue weighted by Crippen LogP contribution is 2.37. The molecule has 1 fully saturated rings. The van der Waals surface area contributed by atoms with Crippen molar-refractivity contribution in [3.05, 3.63) is 0 Å². The lowest BCUT2D eigenvalue weighted by Gasteiger charge is -2.34. The summed E-state index contributed by atoms with van der Waals surface area (Å²) >= 11 is 0. The molecular formula is C13H27NO.